The van der Waals surface area contributed by atoms with E-state index >= 15 is 0 Å². The highest BCUT2D eigenvalue weighted by atomic mass is 32.2. The maximum atomic E-state index is 12.5. The van der Waals surface area contributed by atoms with Crippen LogP contribution in [0, 0.1) is 13.8 Å². The second-order valence-corrected chi connectivity index (χ2v) is 7.33. The van der Waals surface area contributed by atoms with E-state index in [4.69, 9.17) is 4.74 Å². The van der Waals surface area contributed by atoms with E-state index in [1.54, 1.807) is 32.2 Å². The number of ether oxygens (including phenoxy) is 1. The Hall–Kier alpha value is -1.40. The quantitative estimate of drug-likeness (QED) is 0.776. The molecule has 0 heterocycles. The van der Waals surface area contributed by atoms with Crippen LogP contribution < -0.4 is 5.32 Å². The van der Waals surface area contributed by atoms with E-state index in [2.05, 4.69) is 5.32 Å². The lowest BCUT2D eigenvalue weighted by molar-refractivity contribution is -0.120. The second kappa shape index (κ2) is 7.56. The fourth-order valence-corrected chi connectivity index (χ4v) is 3.53. The first-order valence-electron chi connectivity index (χ1n) is 6.88. The lowest BCUT2D eigenvalue weighted by Crippen LogP contribution is -2.38. The zero-order valence-electron chi connectivity index (χ0n) is 13.0. The Balaban J connectivity index is 2.84. The van der Waals surface area contributed by atoms with Gasteiger partial charge in [0.25, 0.3) is 0 Å². The minimum atomic E-state index is -3.67. The van der Waals surface area contributed by atoms with Crippen molar-refractivity contribution in [3.8, 4) is 0 Å². The molecular weight excluding hydrogens is 290 g/mol. The van der Waals surface area contributed by atoms with Crippen molar-refractivity contribution in [3.05, 3.63) is 29.3 Å². The maximum absolute atomic E-state index is 12.5. The van der Waals surface area contributed by atoms with Crippen LogP contribution in [0.3, 0.4) is 0 Å². The summed E-state index contributed by atoms with van der Waals surface area (Å²) in [6.45, 7) is 5.98. The molecule has 0 bridgehead atoms. The smallest absolute Gasteiger partial charge is 0.238 e. The van der Waals surface area contributed by atoms with Gasteiger partial charge in [0.15, 0.2) is 9.84 Å². The van der Waals surface area contributed by atoms with Gasteiger partial charge in [0.05, 0.1) is 4.90 Å². The van der Waals surface area contributed by atoms with Crippen molar-refractivity contribution in [2.45, 2.75) is 37.3 Å². The van der Waals surface area contributed by atoms with Gasteiger partial charge < -0.3 is 10.1 Å². The molecular formula is C15H23NO4S. The van der Waals surface area contributed by atoms with Crippen LogP contribution in [0.25, 0.3) is 0 Å². The van der Waals surface area contributed by atoms with Crippen molar-refractivity contribution in [2.24, 2.45) is 0 Å². The number of methoxy groups -OCH3 is 1. The summed E-state index contributed by atoms with van der Waals surface area (Å²) in [4.78, 5) is 12.2. The van der Waals surface area contributed by atoms with Crippen LogP contribution in [0.5, 0.6) is 0 Å². The number of carbonyl (C=O) groups excluding carboxylic acids is 1. The first kappa shape index (κ1) is 17.7. The Morgan fingerprint density at radius 3 is 2.57 bits per heavy atom. The first-order valence-corrected chi connectivity index (χ1v) is 8.43. The van der Waals surface area contributed by atoms with Gasteiger partial charge in [-0.25, -0.2) is 8.42 Å². The molecule has 1 aromatic carbocycles. The van der Waals surface area contributed by atoms with Crippen molar-refractivity contribution in [2.75, 3.05) is 20.3 Å². The second-order valence-electron chi connectivity index (χ2n) is 5.09. The SMILES string of the molecule is COCCCNC(=O)C(C)S(=O)(=O)c1ccc(C)cc1C. The van der Waals surface area contributed by atoms with Gasteiger partial charge in [0.1, 0.15) is 5.25 Å². The van der Waals surface area contributed by atoms with Crippen LogP contribution in [0.15, 0.2) is 23.1 Å². The molecule has 5 nitrogen and oxygen atoms in total. The van der Waals surface area contributed by atoms with Crippen LogP contribution in [-0.2, 0) is 19.4 Å². The molecule has 0 radical (unpaired) electrons. The fourth-order valence-electron chi connectivity index (χ4n) is 2.02. The van der Waals surface area contributed by atoms with Gasteiger partial charge >= 0.3 is 0 Å². The Kier molecular flexibility index (Phi) is 6.36. The summed E-state index contributed by atoms with van der Waals surface area (Å²) in [5, 5.41) is 1.52. The van der Waals surface area contributed by atoms with Crippen LogP contribution in [-0.4, -0.2) is 39.8 Å². The van der Waals surface area contributed by atoms with Gasteiger partial charge in [-0.2, -0.15) is 0 Å². The highest BCUT2D eigenvalue weighted by Gasteiger charge is 2.30. The average Bonchev–Trinajstić information content (AvgIpc) is 2.42. The Bertz CT molecular complexity index is 596. The number of nitrogens with one attached hydrogen (secondary N) is 1. The molecule has 118 valence electrons. The molecule has 6 heteroatoms. The Morgan fingerprint density at radius 1 is 1.33 bits per heavy atom. The molecule has 1 unspecified atom stereocenters. The molecule has 0 aromatic heterocycles. The predicted molar refractivity (Wildman–Crippen MR) is 82.1 cm³/mol. The van der Waals surface area contributed by atoms with Crippen molar-refractivity contribution in [1.29, 1.82) is 0 Å². The number of rotatable bonds is 7. The van der Waals surface area contributed by atoms with E-state index in [0.29, 0.717) is 25.1 Å². The Labute approximate surface area is 126 Å². The molecule has 0 aliphatic rings. The van der Waals surface area contributed by atoms with Crippen LogP contribution in [0.2, 0.25) is 0 Å². The molecule has 1 rings (SSSR count). The predicted octanol–water partition coefficient (Wildman–Crippen LogP) is 1.62. The normalized spacial score (nSPS) is 13.0. The minimum Gasteiger partial charge on any atom is -0.385 e. The lowest BCUT2D eigenvalue weighted by Gasteiger charge is -2.15. The van der Waals surface area contributed by atoms with E-state index in [9.17, 15) is 13.2 Å². The lowest BCUT2D eigenvalue weighted by atomic mass is 10.2. The van der Waals surface area contributed by atoms with E-state index in [-0.39, 0.29) is 4.90 Å². The molecule has 1 N–H and O–H groups in total. The van der Waals surface area contributed by atoms with E-state index < -0.39 is 21.0 Å². The minimum absolute atomic E-state index is 0.215. The highest BCUT2D eigenvalue weighted by Crippen LogP contribution is 2.21. The number of amides is 1. The van der Waals surface area contributed by atoms with Crippen molar-refractivity contribution in [1.82, 2.24) is 5.32 Å². The molecule has 1 amide bonds. The molecule has 21 heavy (non-hydrogen) atoms. The molecule has 0 aliphatic carbocycles. The highest BCUT2D eigenvalue weighted by molar-refractivity contribution is 7.92. The van der Waals surface area contributed by atoms with Crippen molar-refractivity contribution < 1.29 is 17.9 Å². The molecule has 1 aromatic rings. The summed E-state index contributed by atoms with van der Waals surface area (Å²) in [7, 11) is -2.09. The van der Waals surface area contributed by atoms with Gasteiger partial charge in [-0.1, -0.05) is 17.7 Å². The number of aryl methyl sites for hydroxylation is 2. The van der Waals surface area contributed by atoms with E-state index in [1.807, 2.05) is 6.92 Å². The van der Waals surface area contributed by atoms with Crippen LogP contribution in [0.4, 0.5) is 0 Å². The van der Waals surface area contributed by atoms with E-state index in [0.717, 1.165) is 5.56 Å². The Morgan fingerprint density at radius 2 is 2.00 bits per heavy atom. The summed E-state index contributed by atoms with van der Waals surface area (Å²) >= 11 is 0. The monoisotopic (exact) mass is 313 g/mol. The van der Waals surface area contributed by atoms with Gasteiger partial charge in [0.2, 0.25) is 5.91 Å². The molecule has 0 saturated heterocycles. The molecule has 0 spiro atoms. The standard InChI is InChI=1S/C15H23NO4S/c1-11-6-7-14(12(2)10-11)21(18,19)13(3)15(17)16-8-5-9-20-4/h6-7,10,13H,5,8-9H2,1-4H3,(H,16,17). The topological polar surface area (TPSA) is 72.5 Å². The largest absolute Gasteiger partial charge is 0.385 e. The maximum Gasteiger partial charge on any atom is 0.238 e. The van der Waals surface area contributed by atoms with Crippen LogP contribution in [0.1, 0.15) is 24.5 Å². The summed E-state index contributed by atoms with van der Waals surface area (Å²) in [5.41, 5.74) is 1.65. The van der Waals surface area contributed by atoms with Gasteiger partial charge in [-0.05, 0) is 38.8 Å². The van der Waals surface area contributed by atoms with Crippen molar-refractivity contribution >= 4 is 15.7 Å². The number of benzene rings is 1. The number of sulfone groups is 1. The number of carbonyl (C=O) groups is 1. The zero-order chi connectivity index (χ0) is 16.0. The summed E-state index contributed by atoms with van der Waals surface area (Å²) in [5.74, 6) is -0.480. The van der Waals surface area contributed by atoms with Gasteiger partial charge in [-0.15, -0.1) is 0 Å². The molecule has 1 atom stereocenters. The molecule has 0 aliphatic heterocycles. The third-order valence-electron chi connectivity index (χ3n) is 3.30. The average molecular weight is 313 g/mol. The van der Waals surface area contributed by atoms with Gasteiger partial charge in [0, 0.05) is 20.3 Å². The number of hydrogen-bond acceptors (Lipinski definition) is 4. The third kappa shape index (κ3) is 4.54. The summed E-state index contributed by atoms with van der Waals surface area (Å²) in [6, 6.07) is 5.11. The fraction of sp³-hybridized carbons (Fsp3) is 0.533. The summed E-state index contributed by atoms with van der Waals surface area (Å²) in [6.07, 6.45) is 0.651. The summed E-state index contributed by atoms with van der Waals surface area (Å²) < 4.78 is 29.9. The zero-order valence-corrected chi connectivity index (χ0v) is 13.8. The third-order valence-corrected chi connectivity index (χ3v) is 5.51. The molecule has 0 fully saturated rings. The van der Waals surface area contributed by atoms with Crippen molar-refractivity contribution in [3.63, 3.8) is 0 Å². The van der Waals surface area contributed by atoms with Gasteiger partial charge in [-0.3, -0.25) is 4.79 Å². The number of hydrogen-bond donors (Lipinski definition) is 1. The van der Waals surface area contributed by atoms with Crippen LogP contribution >= 0.6 is 0 Å². The van der Waals surface area contributed by atoms with E-state index in [1.165, 1.54) is 6.92 Å². The molecule has 0 saturated carbocycles. The first-order chi connectivity index (χ1) is 9.80.